The van der Waals surface area contributed by atoms with Gasteiger partial charge in [0.1, 0.15) is 0 Å². The van der Waals surface area contributed by atoms with Crippen molar-refractivity contribution in [1.29, 1.82) is 0 Å². The van der Waals surface area contributed by atoms with Gasteiger partial charge in [0.15, 0.2) is 0 Å². The summed E-state index contributed by atoms with van der Waals surface area (Å²) in [4.78, 5) is 0. The van der Waals surface area contributed by atoms with Crippen LogP contribution in [0.2, 0.25) is 0 Å². The Bertz CT molecular complexity index is 76.2. The van der Waals surface area contributed by atoms with E-state index in [-0.39, 0.29) is 0 Å². The summed E-state index contributed by atoms with van der Waals surface area (Å²) in [6, 6.07) is 0. The van der Waals surface area contributed by atoms with Gasteiger partial charge in [0, 0.05) is 13.2 Å². The Morgan fingerprint density at radius 1 is 0.923 bits per heavy atom. The second kappa shape index (κ2) is 11.9. The van der Waals surface area contributed by atoms with Gasteiger partial charge in [-0.3, -0.25) is 0 Å². The number of nitrogens with one attached hydrogen (secondary N) is 1. The fourth-order valence-electron chi connectivity index (χ4n) is 1.23. The summed E-state index contributed by atoms with van der Waals surface area (Å²) in [6.07, 6.45) is 6.33. The van der Waals surface area contributed by atoms with Crippen LogP contribution in [0, 0.1) is 0 Å². The van der Waals surface area contributed by atoms with Crippen LogP contribution in [0.3, 0.4) is 0 Å². The van der Waals surface area contributed by atoms with Crippen LogP contribution in [0.15, 0.2) is 0 Å². The number of unbranched alkanes of at least 4 members (excludes halogenated alkanes) is 3. The van der Waals surface area contributed by atoms with Gasteiger partial charge in [0.05, 0.1) is 0 Å². The van der Waals surface area contributed by atoms with Crippen LogP contribution >= 0.6 is 0 Å². The summed E-state index contributed by atoms with van der Waals surface area (Å²) < 4.78 is 5.39. The van der Waals surface area contributed by atoms with Gasteiger partial charge in [-0.2, -0.15) is 0 Å². The molecule has 0 heterocycles. The van der Waals surface area contributed by atoms with Crippen molar-refractivity contribution in [3.8, 4) is 0 Å². The normalized spacial score (nSPS) is 10.6. The second-order valence-corrected chi connectivity index (χ2v) is 3.38. The van der Waals surface area contributed by atoms with Gasteiger partial charge in [-0.05, 0) is 32.4 Å². The summed E-state index contributed by atoms with van der Waals surface area (Å²) in [5.74, 6) is 0. The highest BCUT2D eigenvalue weighted by molar-refractivity contribution is 4.46. The second-order valence-electron chi connectivity index (χ2n) is 3.38. The lowest BCUT2D eigenvalue weighted by Gasteiger charge is -2.03. The molecule has 2 nitrogen and oxygen atoms in total. The van der Waals surface area contributed by atoms with E-state index in [4.69, 9.17) is 4.74 Å². The highest BCUT2D eigenvalue weighted by Crippen LogP contribution is 1.99. The fourth-order valence-corrected chi connectivity index (χ4v) is 1.23. The zero-order valence-corrected chi connectivity index (χ0v) is 9.27. The van der Waals surface area contributed by atoms with Crippen molar-refractivity contribution in [2.75, 3.05) is 26.3 Å². The topological polar surface area (TPSA) is 21.3 Å². The molecule has 0 aromatic heterocycles. The number of hydrogen-bond donors (Lipinski definition) is 1. The molecule has 0 amide bonds. The minimum Gasteiger partial charge on any atom is -0.381 e. The van der Waals surface area contributed by atoms with Crippen molar-refractivity contribution in [2.24, 2.45) is 0 Å². The maximum atomic E-state index is 5.39. The average Bonchev–Trinajstić information content (AvgIpc) is 2.16. The first-order chi connectivity index (χ1) is 6.41. The lowest BCUT2D eigenvalue weighted by molar-refractivity contribution is 0.130. The first kappa shape index (κ1) is 12.9. The average molecular weight is 187 g/mol. The van der Waals surface area contributed by atoms with Gasteiger partial charge in [-0.25, -0.2) is 0 Å². The minimum atomic E-state index is 0.928. The molecule has 0 radical (unpaired) electrons. The minimum absolute atomic E-state index is 0.928. The molecule has 0 aliphatic carbocycles. The standard InChI is InChI=1S/C11H25NO/c1-3-10-13-11-8-6-5-7-9-12-4-2/h12H,3-11H2,1-2H3. The summed E-state index contributed by atoms with van der Waals surface area (Å²) in [5, 5.41) is 3.33. The van der Waals surface area contributed by atoms with Crippen LogP contribution in [0.5, 0.6) is 0 Å². The molecule has 0 fully saturated rings. The summed E-state index contributed by atoms with van der Waals surface area (Å²) in [7, 11) is 0. The molecule has 0 rings (SSSR count). The highest BCUT2D eigenvalue weighted by atomic mass is 16.5. The van der Waals surface area contributed by atoms with E-state index in [1.165, 1.54) is 32.2 Å². The van der Waals surface area contributed by atoms with E-state index >= 15 is 0 Å². The first-order valence-corrected chi connectivity index (χ1v) is 5.70. The lowest BCUT2D eigenvalue weighted by atomic mass is 10.2. The lowest BCUT2D eigenvalue weighted by Crippen LogP contribution is -2.13. The summed E-state index contributed by atoms with van der Waals surface area (Å²) in [5.41, 5.74) is 0. The van der Waals surface area contributed by atoms with Crippen molar-refractivity contribution in [2.45, 2.75) is 46.0 Å². The van der Waals surface area contributed by atoms with Crippen LogP contribution in [-0.2, 0) is 4.74 Å². The van der Waals surface area contributed by atoms with E-state index in [0.29, 0.717) is 0 Å². The van der Waals surface area contributed by atoms with Gasteiger partial charge in [-0.1, -0.05) is 26.7 Å². The van der Waals surface area contributed by atoms with E-state index in [2.05, 4.69) is 19.2 Å². The molecule has 0 spiro atoms. The third-order valence-corrected chi connectivity index (χ3v) is 1.99. The molecular weight excluding hydrogens is 162 g/mol. The fraction of sp³-hybridized carbons (Fsp3) is 1.00. The Kier molecular flexibility index (Phi) is 11.8. The van der Waals surface area contributed by atoms with E-state index in [9.17, 15) is 0 Å². The molecule has 0 aliphatic heterocycles. The predicted molar refractivity (Wildman–Crippen MR) is 58.1 cm³/mol. The van der Waals surface area contributed by atoms with Gasteiger partial charge in [-0.15, -0.1) is 0 Å². The molecule has 0 saturated carbocycles. The molecule has 13 heavy (non-hydrogen) atoms. The van der Waals surface area contributed by atoms with Crippen LogP contribution in [0.25, 0.3) is 0 Å². The quantitative estimate of drug-likeness (QED) is 0.531. The maximum Gasteiger partial charge on any atom is 0.0466 e. The number of rotatable bonds is 10. The van der Waals surface area contributed by atoms with Crippen molar-refractivity contribution in [3.63, 3.8) is 0 Å². The highest BCUT2D eigenvalue weighted by Gasteiger charge is 1.90. The summed E-state index contributed by atoms with van der Waals surface area (Å²) >= 11 is 0. The van der Waals surface area contributed by atoms with Crippen molar-refractivity contribution < 1.29 is 4.74 Å². The zero-order valence-electron chi connectivity index (χ0n) is 9.27. The zero-order chi connectivity index (χ0) is 9.78. The maximum absolute atomic E-state index is 5.39. The van der Waals surface area contributed by atoms with Gasteiger partial charge in [0.25, 0.3) is 0 Å². The molecule has 0 aromatic carbocycles. The Balaban J connectivity index is 2.76. The van der Waals surface area contributed by atoms with Gasteiger partial charge in [0.2, 0.25) is 0 Å². The number of hydrogen-bond acceptors (Lipinski definition) is 2. The molecule has 0 aromatic rings. The van der Waals surface area contributed by atoms with Gasteiger partial charge < -0.3 is 10.1 Å². The smallest absolute Gasteiger partial charge is 0.0466 e. The molecule has 0 aliphatic rings. The Morgan fingerprint density at radius 3 is 2.38 bits per heavy atom. The van der Waals surface area contributed by atoms with E-state index in [1.54, 1.807) is 0 Å². The van der Waals surface area contributed by atoms with E-state index in [0.717, 1.165) is 26.2 Å². The van der Waals surface area contributed by atoms with Gasteiger partial charge >= 0.3 is 0 Å². The SMILES string of the molecule is CCCOCCCCCCNCC. The largest absolute Gasteiger partial charge is 0.381 e. The molecule has 0 unspecified atom stereocenters. The first-order valence-electron chi connectivity index (χ1n) is 5.70. The van der Waals surface area contributed by atoms with Crippen molar-refractivity contribution >= 4 is 0 Å². The van der Waals surface area contributed by atoms with Crippen LogP contribution < -0.4 is 5.32 Å². The van der Waals surface area contributed by atoms with Crippen molar-refractivity contribution in [3.05, 3.63) is 0 Å². The van der Waals surface area contributed by atoms with Crippen LogP contribution in [0.1, 0.15) is 46.0 Å². The third-order valence-electron chi connectivity index (χ3n) is 1.99. The molecule has 0 saturated heterocycles. The van der Waals surface area contributed by atoms with Crippen LogP contribution in [-0.4, -0.2) is 26.3 Å². The Hall–Kier alpha value is -0.0800. The molecule has 0 atom stereocenters. The molecule has 2 heteroatoms. The molecular formula is C11H25NO. The van der Waals surface area contributed by atoms with Crippen LogP contribution in [0.4, 0.5) is 0 Å². The molecule has 1 N–H and O–H groups in total. The van der Waals surface area contributed by atoms with E-state index in [1.807, 2.05) is 0 Å². The monoisotopic (exact) mass is 187 g/mol. The number of ether oxygens (including phenoxy) is 1. The Labute approximate surface area is 83.1 Å². The van der Waals surface area contributed by atoms with E-state index < -0.39 is 0 Å². The summed E-state index contributed by atoms with van der Waals surface area (Å²) in [6.45, 7) is 8.45. The van der Waals surface area contributed by atoms with Crippen molar-refractivity contribution in [1.82, 2.24) is 5.32 Å². The molecule has 0 bridgehead atoms. The third kappa shape index (κ3) is 11.9. The predicted octanol–water partition coefficient (Wildman–Crippen LogP) is 2.58. The molecule has 80 valence electrons. The Morgan fingerprint density at radius 2 is 1.69 bits per heavy atom.